The maximum absolute atomic E-state index is 12.2. The number of carbonyl (C=O) groups excluding carboxylic acids is 1. The molecule has 0 radical (unpaired) electrons. The number of hydrogen-bond acceptors (Lipinski definition) is 3. The fourth-order valence-electron chi connectivity index (χ4n) is 2.98. The molecule has 0 bridgehead atoms. The number of aryl methyl sites for hydroxylation is 2. The molecule has 1 atom stereocenters. The van der Waals surface area contributed by atoms with E-state index < -0.39 is 0 Å². The molecule has 1 aromatic carbocycles. The number of nitrogens with one attached hydrogen (secondary N) is 2. The molecule has 0 fully saturated rings. The van der Waals surface area contributed by atoms with Crippen molar-refractivity contribution in [3.63, 3.8) is 0 Å². The number of halogens is 1. The highest BCUT2D eigenvalue weighted by molar-refractivity contribution is 6.30. The van der Waals surface area contributed by atoms with E-state index in [1.54, 1.807) is 4.68 Å². The van der Waals surface area contributed by atoms with Crippen LogP contribution in [0.25, 0.3) is 0 Å². The third-order valence-electron chi connectivity index (χ3n) is 4.13. The van der Waals surface area contributed by atoms with E-state index in [2.05, 4.69) is 20.7 Å². The molecule has 23 heavy (non-hydrogen) atoms. The maximum atomic E-state index is 12.2. The first-order valence-electron chi connectivity index (χ1n) is 7.86. The van der Waals surface area contributed by atoms with Gasteiger partial charge in [-0.2, -0.15) is 5.10 Å². The molecule has 0 unspecified atom stereocenters. The van der Waals surface area contributed by atoms with E-state index in [4.69, 9.17) is 11.6 Å². The lowest BCUT2D eigenvalue weighted by molar-refractivity contribution is 0.234. The minimum atomic E-state index is -0.200. The molecular weight excluding hydrogens is 314 g/mol. The summed E-state index contributed by atoms with van der Waals surface area (Å²) in [5.74, 6) is 0.745. The predicted octanol–water partition coefficient (Wildman–Crippen LogP) is 2.83. The van der Waals surface area contributed by atoms with Crippen LogP contribution in [0.3, 0.4) is 0 Å². The fourth-order valence-corrected chi connectivity index (χ4v) is 3.16. The van der Waals surface area contributed by atoms with Crippen molar-refractivity contribution < 1.29 is 4.79 Å². The summed E-state index contributed by atoms with van der Waals surface area (Å²) < 4.78 is 1.76. The van der Waals surface area contributed by atoms with Gasteiger partial charge in [-0.1, -0.05) is 17.7 Å². The summed E-state index contributed by atoms with van der Waals surface area (Å²) in [6.07, 6.45) is 4.51. The van der Waals surface area contributed by atoms with Crippen LogP contribution in [0, 0.1) is 0 Å². The molecule has 2 N–H and O–H groups in total. The molecule has 2 aromatic rings. The Hall–Kier alpha value is -2.08. The van der Waals surface area contributed by atoms with Gasteiger partial charge in [0, 0.05) is 11.6 Å². The van der Waals surface area contributed by atoms with Gasteiger partial charge in [-0.15, -0.1) is 0 Å². The van der Waals surface area contributed by atoms with Crippen LogP contribution in [0.15, 0.2) is 24.5 Å². The number of carbonyl (C=O) groups is 1. The van der Waals surface area contributed by atoms with Crippen molar-refractivity contribution in [2.24, 2.45) is 0 Å². The molecule has 0 spiro atoms. The normalized spacial score (nSPS) is 16.7. The lowest BCUT2D eigenvalue weighted by atomic mass is 9.88. The lowest BCUT2D eigenvalue weighted by Gasteiger charge is -2.26. The molecule has 1 aliphatic carbocycles. The van der Waals surface area contributed by atoms with Gasteiger partial charge in [0.15, 0.2) is 0 Å². The third kappa shape index (κ3) is 3.64. The van der Waals surface area contributed by atoms with E-state index in [1.165, 1.54) is 11.9 Å². The highest BCUT2D eigenvalue weighted by atomic mass is 35.5. The van der Waals surface area contributed by atoms with Crippen molar-refractivity contribution in [2.75, 3.05) is 0 Å². The van der Waals surface area contributed by atoms with E-state index in [0.29, 0.717) is 11.6 Å². The minimum Gasteiger partial charge on any atom is -0.331 e. The Morgan fingerprint density at radius 1 is 1.48 bits per heavy atom. The summed E-state index contributed by atoms with van der Waals surface area (Å²) in [4.78, 5) is 16.3. The van der Waals surface area contributed by atoms with Crippen molar-refractivity contribution in [3.05, 3.63) is 46.5 Å². The Labute approximate surface area is 140 Å². The topological polar surface area (TPSA) is 71.8 Å². The monoisotopic (exact) mass is 333 g/mol. The Bertz CT molecular complexity index is 700. The van der Waals surface area contributed by atoms with Crippen LogP contribution in [0.5, 0.6) is 0 Å². The molecule has 0 saturated heterocycles. The smallest absolute Gasteiger partial charge is 0.315 e. The average Bonchev–Trinajstić information content (AvgIpc) is 3.01. The molecule has 122 valence electrons. The Morgan fingerprint density at radius 2 is 2.35 bits per heavy atom. The van der Waals surface area contributed by atoms with Crippen LogP contribution in [-0.2, 0) is 19.5 Å². The first kappa shape index (κ1) is 15.8. The summed E-state index contributed by atoms with van der Waals surface area (Å²) in [5, 5.41) is 10.7. The Morgan fingerprint density at radius 3 is 3.17 bits per heavy atom. The molecule has 2 amide bonds. The van der Waals surface area contributed by atoms with Gasteiger partial charge >= 0.3 is 6.03 Å². The number of nitrogens with zero attached hydrogens (tertiary/aromatic N) is 3. The number of aromatic nitrogens is 3. The van der Waals surface area contributed by atoms with Crippen molar-refractivity contribution in [2.45, 2.75) is 45.3 Å². The first-order chi connectivity index (χ1) is 11.2. The van der Waals surface area contributed by atoms with Crippen LogP contribution < -0.4 is 10.6 Å². The zero-order valence-electron chi connectivity index (χ0n) is 13.1. The second kappa shape index (κ2) is 7.00. The molecule has 1 aromatic heterocycles. The van der Waals surface area contributed by atoms with Gasteiger partial charge in [0.05, 0.1) is 12.6 Å². The molecule has 6 nitrogen and oxygen atoms in total. The summed E-state index contributed by atoms with van der Waals surface area (Å²) in [5.41, 5.74) is 2.38. The van der Waals surface area contributed by atoms with Gasteiger partial charge in [-0.25, -0.2) is 14.5 Å². The van der Waals surface area contributed by atoms with Gasteiger partial charge in [-0.3, -0.25) is 0 Å². The van der Waals surface area contributed by atoms with Gasteiger partial charge in [0.2, 0.25) is 0 Å². The van der Waals surface area contributed by atoms with E-state index in [-0.39, 0.29) is 12.1 Å². The number of rotatable bonds is 4. The highest BCUT2D eigenvalue weighted by Crippen LogP contribution is 2.31. The second-order valence-electron chi connectivity index (χ2n) is 5.61. The van der Waals surface area contributed by atoms with E-state index in [0.717, 1.165) is 37.2 Å². The van der Waals surface area contributed by atoms with Crippen molar-refractivity contribution >= 4 is 17.6 Å². The largest absolute Gasteiger partial charge is 0.331 e. The first-order valence-corrected chi connectivity index (χ1v) is 8.24. The SMILES string of the molecule is CCn1ncnc1CNC(=O)N[C@@H]1CCCc2ccc(Cl)cc21. The highest BCUT2D eigenvalue weighted by Gasteiger charge is 2.22. The molecular formula is C16H20ClN5O. The van der Waals surface area contributed by atoms with E-state index >= 15 is 0 Å². The molecule has 0 saturated carbocycles. The fraction of sp³-hybridized carbons (Fsp3) is 0.438. The van der Waals surface area contributed by atoms with Crippen molar-refractivity contribution in [3.8, 4) is 0 Å². The number of benzene rings is 1. The zero-order chi connectivity index (χ0) is 16.2. The predicted molar refractivity (Wildman–Crippen MR) is 88.2 cm³/mol. The number of hydrogen-bond donors (Lipinski definition) is 2. The average molecular weight is 334 g/mol. The van der Waals surface area contributed by atoms with Crippen LogP contribution in [-0.4, -0.2) is 20.8 Å². The zero-order valence-corrected chi connectivity index (χ0v) is 13.8. The van der Waals surface area contributed by atoms with Crippen LogP contribution >= 0.6 is 11.6 Å². The van der Waals surface area contributed by atoms with E-state index in [9.17, 15) is 4.79 Å². The minimum absolute atomic E-state index is 0.00138. The standard InChI is InChI=1S/C16H20ClN5O/c1-2-22-15(19-10-20-22)9-18-16(23)21-14-5-3-4-11-6-7-12(17)8-13(11)14/h6-8,10,14H,2-5,9H2,1H3,(H2,18,21,23)/t14-/m1/s1. The van der Waals surface area contributed by atoms with Crippen LogP contribution in [0.4, 0.5) is 4.79 Å². The van der Waals surface area contributed by atoms with Gasteiger partial charge < -0.3 is 10.6 Å². The summed E-state index contributed by atoms with van der Waals surface area (Å²) in [6.45, 7) is 3.07. The maximum Gasteiger partial charge on any atom is 0.315 e. The Balaban J connectivity index is 1.62. The summed E-state index contributed by atoms with van der Waals surface area (Å²) >= 11 is 6.09. The third-order valence-corrected chi connectivity index (χ3v) is 4.36. The van der Waals surface area contributed by atoms with Crippen LogP contribution in [0.2, 0.25) is 5.02 Å². The quantitative estimate of drug-likeness (QED) is 0.903. The molecule has 1 heterocycles. The van der Waals surface area contributed by atoms with Gasteiger partial charge in [-0.05, 0) is 49.4 Å². The number of urea groups is 1. The van der Waals surface area contributed by atoms with Gasteiger partial charge in [0.1, 0.15) is 12.2 Å². The van der Waals surface area contributed by atoms with Crippen LogP contribution in [0.1, 0.15) is 42.8 Å². The lowest BCUT2D eigenvalue weighted by Crippen LogP contribution is -2.39. The summed E-state index contributed by atoms with van der Waals surface area (Å²) in [7, 11) is 0. The molecule has 3 rings (SSSR count). The van der Waals surface area contributed by atoms with Gasteiger partial charge in [0.25, 0.3) is 0 Å². The van der Waals surface area contributed by atoms with Crippen molar-refractivity contribution in [1.82, 2.24) is 25.4 Å². The van der Waals surface area contributed by atoms with Crippen molar-refractivity contribution in [1.29, 1.82) is 0 Å². The summed E-state index contributed by atoms with van der Waals surface area (Å²) in [6, 6.07) is 5.71. The number of amides is 2. The molecule has 1 aliphatic rings. The number of fused-ring (bicyclic) bond motifs is 1. The Kier molecular flexibility index (Phi) is 4.81. The van der Waals surface area contributed by atoms with E-state index in [1.807, 2.05) is 25.1 Å². The molecule has 0 aliphatic heterocycles. The second-order valence-corrected chi connectivity index (χ2v) is 6.04. The molecule has 7 heteroatoms.